The smallest absolute Gasteiger partial charge is 0.201 e. The fourth-order valence-corrected chi connectivity index (χ4v) is 7.62. The van der Waals surface area contributed by atoms with Crippen LogP contribution in [-0.2, 0) is 6.42 Å². The zero-order valence-electron chi connectivity index (χ0n) is 31.8. The molecular weight excluding hydrogens is 687 g/mol. The Bertz CT molecular complexity index is 2210. The summed E-state index contributed by atoms with van der Waals surface area (Å²) < 4.78 is 6.11. The van der Waals surface area contributed by atoms with Crippen molar-refractivity contribution in [3.8, 4) is 56.4 Å². The van der Waals surface area contributed by atoms with Crippen molar-refractivity contribution in [2.24, 2.45) is 23.3 Å². The van der Waals surface area contributed by atoms with E-state index in [1.807, 2.05) is 30.3 Å². The molecule has 0 saturated carbocycles. The molecule has 2 unspecified atom stereocenters. The van der Waals surface area contributed by atoms with Crippen molar-refractivity contribution in [3.05, 3.63) is 126 Å². The first-order valence-electron chi connectivity index (χ1n) is 19.2. The van der Waals surface area contributed by atoms with Crippen LogP contribution in [0.2, 0.25) is 0 Å². The standard InChI is InChI=1S/C31H25NO5.C15H23N.CH5N/c32-16-22-2-1-3-27-28(22)23-14-21(12-13-26(23)37-27)19-6-4-17(5-7-19)18-8-10-20(11-9-18)29-24(33)15-25(34)30(35)31(29)36;1-13-7-5-6-10-15(13)12-16-11-14-8-3-2-4-9-14;1-2/h2,4-15,33-36H,1,3,16,32H2;2-3,6,8,10,13,15-16H,4-5,7,9,11-12H2,1H3;2H2,1H3. The molecule has 3 aliphatic carbocycles. The van der Waals surface area contributed by atoms with E-state index in [4.69, 9.17) is 10.2 Å². The van der Waals surface area contributed by atoms with Gasteiger partial charge >= 0.3 is 0 Å². The van der Waals surface area contributed by atoms with Crippen molar-refractivity contribution < 1.29 is 24.8 Å². The average molecular weight is 740 g/mol. The summed E-state index contributed by atoms with van der Waals surface area (Å²) in [5, 5.41) is 44.5. The topological polar surface area (TPSA) is 158 Å². The Morgan fingerprint density at radius 1 is 0.727 bits per heavy atom. The summed E-state index contributed by atoms with van der Waals surface area (Å²) in [5.74, 6) is 0.453. The number of hydrogen-bond donors (Lipinski definition) is 7. The van der Waals surface area contributed by atoms with Crippen molar-refractivity contribution in [2.75, 3.05) is 26.7 Å². The molecule has 0 saturated heterocycles. The third-order valence-corrected chi connectivity index (χ3v) is 10.8. The van der Waals surface area contributed by atoms with Gasteiger partial charge in [0.2, 0.25) is 5.75 Å². The molecule has 4 aromatic carbocycles. The summed E-state index contributed by atoms with van der Waals surface area (Å²) in [4.78, 5) is 0. The number of rotatable bonds is 8. The van der Waals surface area contributed by atoms with Gasteiger partial charge in [0, 0.05) is 43.1 Å². The van der Waals surface area contributed by atoms with E-state index in [2.05, 4.69) is 78.7 Å². The highest BCUT2D eigenvalue weighted by atomic mass is 16.3. The molecule has 8 heteroatoms. The SMILES string of the molecule is CC1CCC=CC1CNCC1=CC=CCC1.CN.NCC1=CCCc2oc3ccc(-c4ccc(-c5ccc(-c6c(O)cc(O)c(O)c6O)cc5)cc4)cc3c21. The van der Waals surface area contributed by atoms with E-state index in [0.29, 0.717) is 12.1 Å². The van der Waals surface area contributed by atoms with Gasteiger partial charge in [-0.2, -0.15) is 0 Å². The van der Waals surface area contributed by atoms with Crippen LogP contribution in [0.3, 0.4) is 0 Å². The molecule has 0 radical (unpaired) electrons. The summed E-state index contributed by atoms with van der Waals surface area (Å²) in [6.07, 6.45) is 20.6. The van der Waals surface area contributed by atoms with Crippen LogP contribution in [0.25, 0.3) is 49.9 Å². The van der Waals surface area contributed by atoms with Crippen LogP contribution in [0.15, 0.2) is 119 Å². The van der Waals surface area contributed by atoms with Crippen LogP contribution in [-0.4, -0.2) is 47.1 Å². The van der Waals surface area contributed by atoms with Gasteiger partial charge in [-0.1, -0.05) is 104 Å². The van der Waals surface area contributed by atoms with E-state index < -0.39 is 17.2 Å². The highest BCUT2D eigenvalue weighted by molar-refractivity contribution is 5.96. The molecule has 9 N–H and O–H groups in total. The lowest BCUT2D eigenvalue weighted by Crippen LogP contribution is -2.28. The van der Waals surface area contributed by atoms with Crippen LogP contribution in [0.4, 0.5) is 0 Å². The van der Waals surface area contributed by atoms with Gasteiger partial charge in [0.05, 0.1) is 5.56 Å². The van der Waals surface area contributed by atoms with Gasteiger partial charge in [-0.05, 0) is 96.5 Å². The quantitative estimate of drug-likeness (QED) is 0.0471. The second kappa shape index (κ2) is 18.2. The Morgan fingerprint density at radius 2 is 1.40 bits per heavy atom. The highest BCUT2D eigenvalue weighted by Crippen LogP contribution is 2.48. The van der Waals surface area contributed by atoms with Crippen molar-refractivity contribution in [1.29, 1.82) is 0 Å². The maximum absolute atomic E-state index is 10.2. The minimum absolute atomic E-state index is 0.0571. The van der Waals surface area contributed by atoms with E-state index in [9.17, 15) is 20.4 Å². The molecule has 5 aromatic rings. The Kier molecular flexibility index (Phi) is 13.0. The fraction of sp³-hybridized carbons (Fsp3) is 0.277. The normalized spacial score (nSPS) is 17.3. The Labute approximate surface area is 323 Å². The summed E-state index contributed by atoms with van der Waals surface area (Å²) in [6, 6.07) is 22.7. The fourth-order valence-electron chi connectivity index (χ4n) is 7.62. The number of fused-ring (bicyclic) bond motifs is 3. The summed E-state index contributed by atoms with van der Waals surface area (Å²) >= 11 is 0. The molecule has 0 bridgehead atoms. The molecule has 2 atom stereocenters. The number of aromatic hydroxyl groups is 4. The third kappa shape index (κ3) is 8.89. The Hall–Kier alpha value is -5.54. The molecule has 0 aliphatic heterocycles. The number of benzene rings is 4. The summed E-state index contributed by atoms with van der Waals surface area (Å²) in [7, 11) is 1.50. The number of hydrogen-bond acceptors (Lipinski definition) is 8. The van der Waals surface area contributed by atoms with Gasteiger partial charge in [0.15, 0.2) is 11.5 Å². The summed E-state index contributed by atoms with van der Waals surface area (Å²) in [6.45, 7) is 5.07. The number of phenols is 4. The van der Waals surface area contributed by atoms with Crippen molar-refractivity contribution in [3.63, 3.8) is 0 Å². The second-order valence-corrected chi connectivity index (χ2v) is 14.3. The third-order valence-electron chi connectivity index (χ3n) is 10.8. The number of allylic oxidation sites excluding steroid dienone is 5. The van der Waals surface area contributed by atoms with Crippen LogP contribution in [0, 0.1) is 11.8 Å². The lowest BCUT2D eigenvalue weighted by atomic mass is 9.85. The van der Waals surface area contributed by atoms with E-state index in [1.165, 1.54) is 32.7 Å². The van der Waals surface area contributed by atoms with Gasteiger partial charge in [-0.3, -0.25) is 0 Å². The van der Waals surface area contributed by atoms with Gasteiger partial charge in [-0.15, -0.1) is 0 Å². The van der Waals surface area contributed by atoms with Crippen molar-refractivity contribution in [1.82, 2.24) is 5.32 Å². The van der Waals surface area contributed by atoms with Crippen LogP contribution < -0.4 is 16.8 Å². The molecule has 0 spiro atoms. The lowest BCUT2D eigenvalue weighted by Gasteiger charge is -2.24. The Morgan fingerprint density at radius 3 is 2.05 bits per heavy atom. The van der Waals surface area contributed by atoms with Crippen molar-refractivity contribution in [2.45, 2.75) is 45.4 Å². The minimum atomic E-state index is -0.670. The van der Waals surface area contributed by atoms with E-state index in [0.717, 1.165) is 94.0 Å². The maximum atomic E-state index is 10.2. The molecule has 1 heterocycles. The van der Waals surface area contributed by atoms with Crippen LogP contribution >= 0.6 is 0 Å². The zero-order chi connectivity index (χ0) is 38.9. The molecule has 55 heavy (non-hydrogen) atoms. The first-order chi connectivity index (χ1) is 26.8. The van der Waals surface area contributed by atoms with Gasteiger partial charge < -0.3 is 41.6 Å². The summed E-state index contributed by atoms with van der Waals surface area (Å²) in [5.41, 5.74) is 19.9. The molecule has 0 amide bonds. The Balaban J connectivity index is 0.000000239. The van der Waals surface area contributed by atoms with Crippen molar-refractivity contribution >= 4 is 16.5 Å². The number of phenolic OH excluding ortho intramolecular Hbond substituents is 4. The van der Waals surface area contributed by atoms with E-state index in [1.54, 1.807) is 17.7 Å². The predicted octanol–water partition coefficient (Wildman–Crippen LogP) is 9.57. The number of nitrogens with two attached hydrogens (primary N) is 2. The maximum Gasteiger partial charge on any atom is 0.201 e. The first kappa shape index (κ1) is 39.2. The molecule has 0 fully saturated rings. The zero-order valence-corrected chi connectivity index (χ0v) is 31.8. The molecule has 8 rings (SSSR count). The van der Waals surface area contributed by atoms with Crippen LogP contribution in [0.5, 0.6) is 23.0 Å². The van der Waals surface area contributed by atoms with Crippen LogP contribution in [0.1, 0.15) is 50.4 Å². The minimum Gasteiger partial charge on any atom is -0.507 e. The monoisotopic (exact) mass is 739 g/mol. The van der Waals surface area contributed by atoms with Gasteiger partial charge in [-0.25, -0.2) is 0 Å². The number of aryl methyl sites for hydroxylation is 1. The molecular formula is C47H53N3O5. The van der Waals surface area contributed by atoms with E-state index >= 15 is 0 Å². The molecule has 286 valence electrons. The number of furan rings is 1. The number of nitrogens with one attached hydrogen (secondary N) is 1. The molecule has 3 aliphatic rings. The second-order valence-electron chi connectivity index (χ2n) is 14.3. The average Bonchev–Trinajstić information content (AvgIpc) is 3.61. The predicted molar refractivity (Wildman–Crippen MR) is 225 cm³/mol. The van der Waals surface area contributed by atoms with E-state index in [-0.39, 0.29) is 11.3 Å². The first-order valence-corrected chi connectivity index (χ1v) is 19.2. The largest absolute Gasteiger partial charge is 0.507 e. The van der Waals surface area contributed by atoms with Gasteiger partial charge in [0.25, 0.3) is 0 Å². The molecule has 1 aromatic heterocycles. The lowest BCUT2D eigenvalue weighted by molar-refractivity contribution is 0.362. The molecule has 8 nitrogen and oxygen atoms in total. The highest BCUT2D eigenvalue weighted by Gasteiger charge is 2.21. The van der Waals surface area contributed by atoms with Gasteiger partial charge in [0.1, 0.15) is 17.1 Å².